The van der Waals surface area contributed by atoms with Crippen molar-refractivity contribution in [2.75, 3.05) is 42.7 Å². The summed E-state index contributed by atoms with van der Waals surface area (Å²) in [5.41, 5.74) is 7.31. The highest BCUT2D eigenvalue weighted by molar-refractivity contribution is 7.14. The quantitative estimate of drug-likeness (QED) is 0.204. The van der Waals surface area contributed by atoms with Crippen LogP contribution in [0, 0.1) is 20.8 Å². The van der Waals surface area contributed by atoms with Crippen LogP contribution in [0.2, 0.25) is 5.04 Å². The van der Waals surface area contributed by atoms with Crippen molar-refractivity contribution in [2.24, 2.45) is 0 Å². The molecule has 0 fully saturated rings. The summed E-state index contributed by atoms with van der Waals surface area (Å²) in [5.74, 6) is 4.18. The lowest BCUT2D eigenvalue weighted by Crippen LogP contribution is -2.74. The number of benzene rings is 3. The summed E-state index contributed by atoms with van der Waals surface area (Å²) in [6, 6.07) is 12.9. The van der Waals surface area contributed by atoms with Gasteiger partial charge >= 0.3 is 0 Å². The fourth-order valence-electron chi connectivity index (χ4n) is 7.15. The van der Waals surface area contributed by atoms with E-state index in [0.717, 1.165) is 16.7 Å². The molecule has 1 aliphatic rings. The smallest absolute Gasteiger partial charge is 0.163 e. The largest absolute Gasteiger partial charge is 0.493 e. The van der Waals surface area contributed by atoms with Gasteiger partial charge < -0.3 is 28.4 Å². The first-order valence-electron chi connectivity index (χ1n) is 14.5. The van der Waals surface area contributed by atoms with Crippen LogP contribution >= 0.6 is 0 Å². The molecular formula is C36H46O6Si. The molecule has 230 valence electrons. The van der Waals surface area contributed by atoms with Gasteiger partial charge in [-0.3, -0.25) is 0 Å². The van der Waals surface area contributed by atoms with E-state index in [1.165, 1.54) is 32.3 Å². The molecule has 6 nitrogen and oxygen atoms in total. The third-order valence-corrected chi connectivity index (χ3v) is 15.7. The normalized spacial score (nSPS) is 16.6. The van der Waals surface area contributed by atoms with Crippen molar-refractivity contribution in [3.8, 4) is 34.5 Å². The fourth-order valence-corrected chi connectivity index (χ4v) is 13.9. The fraction of sp³-hybridized carbons (Fsp3) is 0.389. The maximum absolute atomic E-state index is 5.97. The number of ether oxygens (including phenoxy) is 6. The lowest BCUT2D eigenvalue weighted by molar-refractivity contribution is 0.354. The third-order valence-electron chi connectivity index (χ3n) is 9.62. The molecule has 43 heavy (non-hydrogen) atoms. The van der Waals surface area contributed by atoms with Crippen LogP contribution in [0.25, 0.3) is 0 Å². The van der Waals surface area contributed by atoms with Gasteiger partial charge in [0.2, 0.25) is 0 Å². The van der Waals surface area contributed by atoms with Gasteiger partial charge in [-0.15, -0.1) is 0 Å². The number of aryl methyl sites for hydroxylation is 3. The number of hydrogen-bond donors (Lipinski definition) is 0. The van der Waals surface area contributed by atoms with E-state index in [-0.39, 0.29) is 5.04 Å². The lowest BCUT2D eigenvalue weighted by Gasteiger charge is -2.49. The molecule has 3 aromatic carbocycles. The van der Waals surface area contributed by atoms with Gasteiger partial charge in [0.25, 0.3) is 0 Å². The molecule has 0 spiro atoms. The zero-order valence-corrected chi connectivity index (χ0v) is 29.0. The van der Waals surface area contributed by atoms with E-state index in [1.54, 1.807) is 42.7 Å². The Bertz CT molecular complexity index is 1470. The average molecular weight is 603 g/mol. The summed E-state index contributed by atoms with van der Waals surface area (Å²) < 4.78 is 35.2. The zero-order valence-electron chi connectivity index (χ0n) is 28.0. The highest BCUT2D eigenvalue weighted by Crippen LogP contribution is 2.54. The summed E-state index contributed by atoms with van der Waals surface area (Å²) in [6.07, 6.45) is 2.48. The topological polar surface area (TPSA) is 55.4 Å². The first-order valence-corrected chi connectivity index (χ1v) is 16.5. The van der Waals surface area contributed by atoms with Gasteiger partial charge in [-0.25, -0.2) is 0 Å². The number of allylic oxidation sites excluding steroid dienone is 4. The Kier molecular flexibility index (Phi) is 8.98. The van der Waals surface area contributed by atoms with Crippen LogP contribution in [0.3, 0.4) is 0 Å². The second kappa shape index (κ2) is 12.0. The molecule has 0 radical (unpaired) electrons. The average Bonchev–Trinajstić information content (AvgIpc) is 3.20. The van der Waals surface area contributed by atoms with Crippen LogP contribution in [-0.2, 0) is 0 Å². The van der Waals surface area contributed by atoms with Crippen LogP contribution in [-0.4, -0.2) is 50.7 Å². The van der Waals surface area contributed by atoms with Gasteiger partial charge in [0.1, 0.15) is 0 Å². The van der Waals surface area contributed by atoms with Gasteiger partial charge in [0.05, 0.1) is 42.7 Å². The van der Waals surface area contributed by atoms with Crippen molar-refractivity contribution in [1.29, 1.82) is 0 Å². The summed E-state index contributed by atoms with van der Waals surface area (Å²) in [7, 11) is 6.94. The predicted molar refractivity (Wildman–Crippen MR) is 178 cm³/mol. The van der Waals surface area contributed by atoms with Gasteiger partial charge in [-0.2, -0.15) is 0 Å². The van der Waals surface area contributed by atoms with Gasteiger partial charge in [0, 0.05) is 5.04 Å². The van der Waals surface area contributed by atoms with Crippen molar-refractivity contribution in [2.45, 2.75) is 53.5 Å². The zero-order chi connectivity index (χ0) is 31.9. The van der Waals surface area contributed by atoms with Gasteiger partial charge in [-0.1, -0.05) is 24.1 Å². The Morgan fingerprint density at radius 2 is 0.744 bits per heavy atom. The Morgan fingerprint density at radius 3 is 0.977 bits per heavy atom. The second-order valence-corrected chi connectivity index (χ2v) is 15.8. The Hall–Kier alpha value is -3.84. The van der Waals surface area contributed by atoms with E-state index >= 15 is 0 Å². The molecule has 0 aliphatic heterocycles. The van der Waals surface area contributed by atoms with E-state index < -0.39 is 8.07 Å². The summed E-state index contributed by atoms with van der Waals surface area (Å²) in [5, 5.41) is 3.27. The third kappa shape index (κ3) is 4.78. The Labute approximate surface area is 258 Å². The highest BCUT2D eigenvalue weighted by Gasteiger charge is 2.58. The summed E-state index contributed by atoms with van der Waals surface area (Å²) >= 11 is 0. The molecule has 4 rings (SSSR count). The maximum Gasteiger partial charge on any atom is 0.163 e. The standard InChI is InChI=1S/C36H46O6Si/c1-21-14-27(37-8)30(40-11)17-33(21)43(36(7)20-24(4)25(5)26(36)6,34-18-31(41-12)28(38-9)15-22(34)2)35-19-32(42-13)29(39-10)16-23(35)3/h14-20H,1-13H3. The van der Waals surface area contributed by atoms with Crippen molar-refractivity contribution in [1.82, 2.24) is 0 Å². The van der Waals surface area contributed by atoms with Crippen molar-refractivity contribution >= 4 is 23.6 Å². The van der Waals surface area contributed by atoms with E-state index in [2.05, 4.69) is 90.9 Å². The van der Waals surface area contributed by atoms with Crippen LogP contribution in [0.15, 0.2) is 59.2 Å². The Morgan fingerprint density at radius 1 is 0.465 bits per heavy atom. The number of rotatable bonds is 10. The molecule has 0 bridgehead atoms. The van der Waals surface area contributed by atoms with Crippen LogP contribution in [0.1, 0.15) is 44.4 Å². The Balaban J connectivity index is 2.41. The number of hydrogen-bond acceptors (Lipinski definition) is 6. The molecule has 0 saturated carbocycles. The van der Waals surface area contributed by atoms with E-state index in [9.17, 15) is 0 Å². The first-order chi connectivity index (χ1) is 20.4. The minimum atomic E-state index is -3.19. The van der Waals surface area contributed by atoms with E-state index in [0.29, 0.717) is 34.5 Å². The number of methoxy groups -OCH3 is 6. The van der Waals surface area contributed by atoms with E-state index in [4.69, 9.17) is 28.4 Å². The van der Waals surface area contributed by atoms with E-state index in [1.807, 2.05) is 0 Å². The molecular weight excluding hydrogens is 556 g/mol. The van der Waals surface area contributed by atoms with Gasteiger partial charge in [-0.05, 0) is 116 Å². The molecule has 1 unspecified atom stereocenters. The molecule has 1 atom stereocenters. The summed E-state index contributed by atoms with van der Waals surface area (Å²) in [6.45, 7) is 15.6. The molecule has 7 heteroatoms. The first kappa shape index (κ1) is 32.1. The molecule has 3 aromatic rings. The monoisotopic (exact) mass is 602 g/mol. The lowest BCUT2D eigenvalue weighted by atomic mass is 10.0. The minimum absolute atomic E-state index is 0.389. The molecule has 1 aliphatic carbocycles. The highest BCUT2D eigenvalue weighted by atomic mass is 28.3. The van der Waals surface area contributed by atoms with Crippen molar-refractivity contribution in [3.05, 3.63) is 75.9 Å². The predicted octanol–water partition coefficient (Wildman–Crippen LogP) is 6.19. The molecule has 0 heterocycles. The van der Waals surface area contributed by atoms with Crippen LogP contribution in [0.5, 0.6) is 34.5 Å². The summed E-state index contributed by atoms with van der Waals surface area (Å²) in [4.78, 5) is 0. The molecule has 0 N–H and O–H groups in total. The minimum Gasteiger partial charge on any atom is -0.493 e. The van der Waals surface area contributed by atoms with Crippen molar-refractivity contribution in [3.63, 3.8) is 0 Å². The maximum atomic E-state index is 5.97. The van der Waals surface area contributed by atoms with Crippen LogP contribution < -0.4 is 44.0 Å². The second-order valence-electron chi connectivity index (χ2n) is 11.6. The SMILES string of the molecule is COc1cc(C)c([Si](c2cc(OC)c(OC)cc2C)(c2cc(OC)c(OC)cc2C)C2(C)C=C(C)C(C)=C2C)cc1OC. The molecule has 0 amide bonds. The molecule has 0 saturated heterocycles. The van der Waals surface area contributed by atoms with Gasteiger partial charge in [0.15, 0.2) is 42.6 Å². The van der Waals surface area contributed by atoms with Crippen LogP contribution in [0.4, 0.5) is 0 Å². The molecule has 0 aromatic heterocycles. The van der Waals surface area contributed by atoms with Crippen molar-refractivity contribution < 1.29 is 28.4 Å².